The molecule has 0 aromatic heterocycles. The average Bonchev–Trinajstić information content (AvgIpc) is 2.57. The lowest BCUT2D eigenvalue weighted by molar-refractivity contribution is -0.537. The summed E-state index contributed by atoms with van der Waals surface area (Å²) in [4.78, 5) is 10.7. The van der Waals surface area contributed by atoms with Crippen LogP contribution in [0, 0.1) is 10.1 Å². The third-order valence-electron chi connectivity index (χ3n) is 3.06. The Morgan fingerprint density at radius 3 is 2.69 bits per heavy atom. The van der Waals surface area contributed by atoms with Crippen LogP contribution >= 0.6 is 11.8 Å². The van der Waals surface area contributed by atoms with E-state index < -0.39 is 16.9 Å². The maximum Gasteiger partial charge on any atom is 0.257 e. The Morgan fingerprint density at radius 2 is 2.12 bits per heavy atom. The predicted molar refractivity (Wildman–Crippen MR) is 63.0 cm³/mol. The highest BCUT2D eigenvalue weighted by Crippen LogP contribution is 2.47. The largest absolute Gasteiger partial charge is 0.385 e. The van der Waals surface area contributed by atoms with E-state index in [1.807, 2.05) is 37.3 Å². The fraction of sp³-hybridized carbons (Fsp3) is 0.455. The Kier molecular flexibility index (Phi) is 2.90. The van der Waals surface area contributed by atoms with Crippen LogP contribution in [0.25, 0.3) is 0 Å². The summed E-state index contributed by atoms with van der Waals surface area (Å²) in [5.74, 6) is 0.414. The van der Waals surface area contributed by atoms with Crippen molar-refractivity contribution in [2.24, 2.45) is 0 Å². The van der Waals surface area contributed by atoms with Crippen molar-refractivity contribution in [1.82, 2.24) is 0 Å². The zero-order valence-electron chi connectivity index (χ0n) is 8.87. The van der Waals surface area contributed by atoms with E-state index in [9.17, 15) is 15.2 Å². The van der Waals surface area contributed by atoms with Gasteiger partial charge in [-0.15, -0.1) is 11.8 Å². The van der Waals surface area contributed by atoms with Crippen molar-refractivity contribution < 1.29 is 10.0 Å². The molecule has 5 heteroatoms. The van der Waals surface area contributed by atoms with Crippen LogP contribution < -0.4 is 0 Å². The van der Waals surface area contributed by atoms with Gasteiger partial charge in [-0.3, -0.25) is 10.1 Å². The van der Waals surface area contributed by atoms with Gasteiger partial charge in [0, 0.05) is 10.7 Å². The summed E-state index contributed by atoms with van der Waals surface area (Å²) in [6.45, 7) is 1.83. The monoisotopic (exact) mass is 239 g/mol. The first kappa shape index (κ1) is 11.4. The lowest BCUT2D eigenvalue weighted by Crippen LogP contribution is -2.42. The highest BCUT2D eigenvalue weighted by Gasteiger charge is 2.54. The van der Waals surface area contributed by atoms with Crippen LogP contribution in [0.1, 0.15) is 12.5 Å². The topological polar surface area (TPSA) is 63.4 Å². The van der Waals surface area contributed by atoms with Gasteiger partial charge in [0.1, 0.15) is 10.9 Å². The first-order chi connectivity index (χ1) is 7.55. The molecule has 1 aromatic carbocycles. The number of aliphatic hydroxyl groups is 1. The number of aliphatic hydroxyl groups excluding tert-OH is 1. The molecule has 1 aliphatic rings. The molecule has 0 unspecified atom stereocenters. The van der Waals surface area contributed by atoms with Gasteiger partial charge < -0.3 is 5.11 Å². The van der Waals surface area contributed by atoms with Crippen LogP contribution in [-0.2, 0) is 4.75 Å². The van der Waals surface area contributed by atoms with Crippen molar-refractivity contribution in [3.63, 3.8) is 0 Å². The van der Waals surface area contributed by atoms with Crippen molar-refractivity contribution in [1.29, 1.82) is 0 Å². The van der Waals surface area contributed by atoms with E-state index in [-0.39, 0.29) is 4.92 Å². The Hall–Kier alpha value is -1.07. The van der Waals surface area contributed by atoms with Crippen LogP contribution in [0.5, 0.6) is 0 Å². The van der Waals surface area contributed by atoms with E-state index in [4.69, 9.17) is 0 Å². The lowest BCUT2D eigenvalue weighted by Gasteiger charge is -2.25. The van der Waals surface area contributed by atoms with E-state index in [0.717, 1.165) is 5.56 Å². The molecule has 1 heterocycles. The molecule has 1 aromatic rings. The number of rotatable bonds is 2. The fourth-order valence-corrected chi connectivity index (χ4v) is 3.58. The predicted octanol–water partition coefficient (Wildman–Crippen LogP) is 1.65. The van der Waals surface area contributed by atoms with Crippen LogP contribution in [-0.4, -0.2) is 27.9 Å². The summed E-state index contributed by atoms with van der Waals surface area (Å²) >= 11 is 1.45. The zero-order valence-corrected chi connectivity index (χ0v) is 9.68. The summed E-state index contributed by atoms with van der Waals surface area (Å²) in [6.07, 6.45) is -0.870. The van der Waals surface area contributed by atoms with E-state index in [0.29, 0.717) is 5.75 Å². The minimum atomic E-state index is -0.931. The van der Waals surface area contributed by atoms with Gasteiger partial charge in [-0.05, 0) is 12.5 Å². The summed E-state index contributed by atoms with van der Waals surface area (Å²) in [7, 11) is 0. The number of nitro groups is 1. The summed E-state index contributed by atoms with van der Waals surface area (Å²) in [5.41, 5.74) is 0.901. The number of hydrogen-bond donors (Lipinski definition) is 1. The lowest BCUT2D eigenvalue weighted by atomic mass is 9.90. The maximum absolute atomic E-state index is 11.0. The Morgan fingerprint density at radius 1 is 1.50 bits per heavy atom. The molecule has 0 aliphatic carbocycles. The normalized spacial score (nSPS) is 33.9. The zero-order chi connectivity index (χ0) is 11.8. The molecule has 0 radical (unpaired) electrons. The first-order valence-corrected chi connectivity index (χ1v) is 6.05. The Bertz CT molecular complexity index is 397. The van der Waals surface area contributed by atoms with Gasteiger partial charge in [-0.25, -0.2) is 0 Å². The molecular formula is C11H13NO3S. The smallest absolute Gasteiger partial charge is 0.257 e. The summed E-state index contributed by atoms with van der Waals surface area (Å²) in [6, 6.07) is 8.43. The molecule has 0 amide bonds. The van der Waals surface area contributed by atoms with Gasteiger partial charge >= 0.3 is 0 Å². The van der Waals surface area contributed by atoms with Gasteiger partial charge in [0.15, 0.2) is 0 Å². The van der Waals surface area contributed by atoms with Crippen LogP contribution in [0.3, 0.4) is 0 Å². The van der Waals surface area contributed by atoms with E-state index >= 15 is 0 Å². The molecule has 1 fully saturated rings. The number of hydrogen-bond acceptors (Lipinski definition) is 4. The molecule has 3 atom stereocenters. The second kappa shape index (κ2) is 4.07. The Labute approximate surface area is 97.8 Å². The van der Waals surface area contributed by atoms with Crippen LogP contribution in [0.15, 0.2) is 30.3 Å². The number of thioether (sulfide) groups is 1. The van der Waals surface area contributed by atoms with Crippen molar-refractivity contribution in [3.8, 4) is 0 Å². The molecule has 0 spiro atoms. The average molecular weight is 239 g/mol. The number of nitrogens with zero attached hydrogens (tertiary/aromatic N) is 1. The van der Waals surface area contributed by atoms with Gasteiger partial charge in [-0.1, -0.05) is 30.3 Å². The van der Waals surface area contributed by atoms with Crippen LogP contribution in [0.2, 0.25) is 0 Å². The summed E-state index contributed by atoms with van der Waals surface area (Å²) in [5, 5.41) is 20.7. The maximum atomic E-state index is 11.0. The minimum Gasteiger partial charge on any atom is -0.385 e. The van der Waals surface area contributed by atoms with Gasteiger partial charge in [0.05, 0.1) is 0 Å². The molecule has 86 valence electrons. The molecule has 1 N–H and O–H groups in total. The van der Waals surface area contributed by atoms with E-state index in [1.165, 1.54) is 11.8 Å². The Balaban J connectivity index is 2.41. The molecule has 0 saturated carbocycles. The van der Waals surface area contributed by atoms with Crippen molar-refractivity contribution in [2.75, 3.05) is 5.75 Å². The van der Waals surface area contributed by atoms with Gasteiger partial charge in [0.2, 0.25) is 0 Å². The first-order valence-electron chi connectivity index (χ1n) is 5.07. The van der Waals surface area contributed by atoms with E-state index in [1.54, 1.807) is 0 Å². The molecule has 16 heavy (non-hydrogen) atoms. The molecule has 2 rings (SSSR count). The van der Waals surface area contributed by atoms with E-state index in [2.05, 4.69) is 0 Å². The number of benzene rings is 1. The van der Waals surface area contributed by atoms with Crippen molar-refractivity contribution >= 4 is 11.8 Å². The fourth-order valence-electron chi connectivity index (χ4n) is 2.17. The van der Waals surface area contributed by atoms with Crippen molar-refractivity contribution in [2.45, 2.75) is 23.8 Å². The molecule has 4 nitrogen and oxygen atoms in total. The molecule has 1 saturated heterocycles. The van der Waals surface area contributed by atoms with Crippen molar-refractivity contribution in [3.05, 3.63) is 46.0 Å². The third-order valence-corrected chi connectivity index (χ3v) is 4.64. The second-order valence-electron chi connectivity index (χ2n) is 4.08. The van der Waals surface area contributed by atoms with Crippen LogP contribution in [0.4, 0.5) is 0 Å². The molecule has 1 aliphatic heterocycles. The molecule has 0 bridgehead atoms. The quantitative estimate of drug-likeness (QED) is 0.629. The highest BCUT2D eigenvalue weighted by atomic mass is 32.2. The van der Waals surface area contributed by atoms with Gasteiger partial charge in [0.25, 0.3) is 6.04 Å². The molecular weight excluding hydrogens is 226 g/mol. The second-order valence-corrected chi connectivity index (χ2v) is 5.55. The minimum absolute atomic E-state index is 0.363. The standard InChI is InChI=1S/C11H13NO3S/c1-11(8-5-3-2-4-6-8)10(12(14)15)9(13)7-16-11/h2-6,9-10,13H,7H2,1H3/t9-,10-,11+/m1/s1. The third kappa shape index (κ3) is 1.70. The highest BCUT2D eigenvalue weighted by molar-refractivity contribution is 8.00. The summed E-state index contributed by atoms with van der Waals surface area (Å²) < 4.78 is -0.635. The SMILES string of the molecule is C[C@@]1(c2ccccc2)SC[C@@H](O)[C@H]1[N+](=O)[O-]. The van der Waals surface area contributed by atoms with Gasteiger partial charge in [-0.2, -0.15) is 0 Å².